The Morgan fingerprint density at radius 2 is 1.88 bits per heavy atom. The van der Waals surface area contributed by atoms with Gasteiger partial charge in [0.15, 0.2) is 0 Å². The van der Waals surface area contributed by atoms with Crippen molar-refractivity contribution < 1.29 is 18.5 Å². The molecule has 10 heteroatoms. The molecule has 2 bridgehead atoms. The number of methoxy groups -OCH3 is 1. The van der Waals surface area contributed by atoms with Gasteiger partial charge in [-0.1, -0.05) is 92.4 Å². The summed E-state index contributed by atoms with van der Waals surface area (Å²) in [7, 11) is 0.404. The predicted octanol–water partition coefficient (Wildman–Crippen LogP) is 9.26. The van der Waals surface area contributed by atoms with Crippen LogP contribution >= 0.6 is 11.6 Å². The molecule has 8 nitrogen and oxygen atoms in total. The predicted molar refractivity (Wildman–Crippen MR) is 240 cm³/mol. The van der Waals surface area contributed by atoms with E-state index in [9.17, 15) is 9.00 Å². The Balaban J connectivity index is 0.000000732. The molecular weight excluding hydrogens is 764 g/mol. The fourth-order valence-corrected chi connectivity index (χ4v) is 10.9. The van der Waals surface area contributed by atoms with E-state index < -0.39 is 16.6 Å². The van der Waals surface area contributed by atoms with Gasteiger partial charge >= 0.3 is 0 Å². The van der Waals surface area contributed by atoms with Crippen molar-refractivity contribution in [2.45, 2.75) is 103 Å². The van der Waals surface area contributed by atoms with E-state index in [1.54, 1.807) is 6.07 Å². The number of hydrogen-bond donors (Lipinski definition) is 2. The summed E-state index contributed by atoms with van der Waals surface area (Å²) in [5.74, 6) is 1.87. The minimum atomic E-state index is -1.50. The van der Waals surface area contributed by atoms with Crippen molar-refractivity contribution in [1.82, 2.24) is 9.62 Å². The van der Waals surface area contributed by atoms with Gasteiger partial charge in [0, 0.05) is 61.6 Å². The van der Waals surface area contributed by atoms with Gasteiger partial charge in [-0.15, -0.1) is 0 Å². The maximum Gasteiger partial charge on any atom is 0.263 e. The molecule has 7 rings (SSSR count). The minimum Gasteiger partial charge on any atom is -0.491 e. The number of carbonyl (C=O) groups is 1. The number of piperidine rings is 1. The molecule has 3 aromatic carbocycles. The summed E-state index contributed by atoms with van der Waals surface area (Å²) in [5, 5.41) is 0.758. The first-order chi connectivity index (χ1) is 28.1. The van der Waals surface area contributed by atoms with E-state index >= 15 is 0 Å². The highest BCUT2D eigenvalue weighted by atomic mass is 35.5. The quantitative estimate of drug-likeness (QED) is 0.208. The Labute approximate surface area is 355 Å². The van der Waals surface area contributed by atoms with Crippen molar-refractivity contribution in [3.05, 3.63) is 106 Å². The minimum absolute atomic E-state index is 0.124. The van der Waals surface area contributed by atoms with Crippen LogP contribution in [0.5, 0.6) is 5.75 Å². The van der Waals surface area contributed by atoms with Gasteiger partial charge < -0.3 is 20.1 Å². The second kappa shape index (κ2) is 21.4. The van der Waals surface area contributed by atoms with Gasteiger partial charge in [-0.25, -0.2) is 4.21 Å². The number of likely N-dealkylation sites (tertiary alicyclic amines) is 1. The number of fused-ring (bicyclic) bond motifs is 2. The number of hydrogen-bond acceptors (Lipinski definition) is 7. The van der Waals surface area contributed by atoms with Crippen molar-refractivity contribution in [2.24, 2.45) is 23.5 Å². The second-order valence-corrected chi connectivity index (χ2v) is 18.8. The van der Waals surface area contributed by atoms with E-state index in [1.807, 2.05) is 43.5 Å². The maximum absolute atomic E-state index is 13.4. The molecule has 1 amide bonds. The third-order valence-electron chi connectivity index (χ3n) is 12.9. The fourth-order valence-electron chi connectivity index (χ4n) is 9.69. The Morgan fingerprint density at radius 3 is 2.59 bits per heavy atom. The summed E-state index contributed by atoms with van der Waals surface area (Å²) in [4.78, 5) is 18.5. The number of halogens is 1. The van der Waals surface area contributed by atoms with Crippen LogP contribution in [0.2, 0.25) is 5.02 Å². The number of allylic oxidation sites excluding steroid dienone is 1. The average molecular weight is 832 g/mol. The first-order valence-corrected chi connectivity index (χ1v) is 23.5. The molecule has 0 aromatic heterocycles. The van der Waals surface area contributed by atoms with Gasteiger partial charge in [-0.3, -0.25) is 14.4 Å². The van der Waals surface area contributed by atoms with Crippen molar-refractivity contribution in [3.63, 3.8) is 0 Å². The molecule has 7 atom stereocenters. The molecule has 3 heterocycles. The summed E-state index contributed by atoms with van der Waals surface area (Å²) in [6.07, 6.45) is 15.4. The van der Waals surface area contributed by atoms with Crippen molar-refractivity contribution in [2.75, 3.05) is 57.1 Å². The van der Waals surface area contributed by atoms with Crippen LogP contribution < -0.4 is 20.1 Å². The van der Waals surface area contributed by atoms with E-state index in [0.717, 1.165) is 87.6 Å². The summed E-state index contributed by atoms with van der Waals surface area (Å²) >= 11 is 6.50. The number of amides is 1. The SMILES string of the molecule is CCCc1cc(Cl)ccc1C1COc2ccc3cc2N(C1)CC1CCC1[C@@](CCC1CCCCN1CCN)(OC)/C=C/CC(C)CS(=O)NC3=O.Cc1ccccc1. The van der Waals surface area contributed by atoms with Gasteiger partial charge in [0.05, 0.1) is 17.9 Å². The van der Waals surface area contributed by atoms with Crippen LogP contribution in [0.25, 0.3) is 0 Å². The maximum atomic E-state index is 13.4. The number of benzene rings is 3. The fraction of sp³-hybridized carbons (Fsp3) is 0.562. The van der Waals surface area contributed by atoms with E-state index in [1.165, 1.54) is 36.0 Å². The summed E-state index contributed by atoms with van der Waals surface area (Å²) < 4.78 is 29.2. The average Bonchev–Trinajstić information content (AvgIpc) is 3.38. The van der Waals surface area contributed by atoms with Crippen LogP contribution in [0.4, 0.5) is 5.69 Å². The molecule has 4 aliphatic rings. The number of nitrogens with one attached hydrogen (secondary N) is 1. The van der Waals surface area contributed by atoms with E-state index in [0.29, 0.717) is 42.3 Å². The Morgan fingerprint density at radius 1 is 1.05 bits per heavy atom. The van der Waals surface area contributed by atoms with Crippen molar-refractivity contribution >= 4 is 34.2 Å². The monoisotopic (exact) mass is 830 g/mol. The van der Waals surface area contributed by atoms with Crippen molar-refractivity contribution in [3.8, 4) is 5.75 Å². The normalized spacial score (nSPS) is 28.4. The first-order valence-electron chi connectivity index (χ1n) is 21.8. The largest absolute Gasteiger partial charge is 0.491 e. The number of anilines is 1. The highest BCUT2D eigenvalue weighted by molar-refractivity contribution is 7.83. The molecule has 3 aromatic rings. The number of aryl methyl sites for hydroxylation is 2. The third kappa shape index (κ3) is 11.3. The topological polar surface area (TPSA) is 97.1 Å². The lowest BCUT2D eigenvalue weighted by atomic mass is 9.62. The summed E-state index contributed by atoms with van der Waals surface area (Å²) in [6.45, 7) is 11.3. The molecule has 1 saturated heterocycles. The van der Waals surface area contributed by atoms with Gasteiger partial charge in [0.1, 0.15) is 16.7 Å². The molecule has 0 spiro atoms. The highest BCUT2D eigenvalue weighted by Crippen LogP contribution is 2.49. The zero-order valence-electron chi connectivity index (χ0n) is 35.3. The van der Waals surface area contributed by atoms with Gasteiger partial charge in [0.25, 0.3) is 5.91 Å². The molecular formula is C48H67ClN4O4S. The molecule has 58 heavy (non-hydrogen) atoms. The van der Waals surface area contributed by atoms with Crippen LogP contribution in [0.1, 0.15) is 105 Å². The Hall–Kier alpha value is -3.21. The lowest BCUT2D eigenvalue weighted by Gasteiger charge is -2.51. The summed E-state index contributed by atoms with van der Waals surface area (Å²) in [6, 6.07) is 22.7. The molecule has 3 N–H and O–H groups in total. The van der Waals surface area contributed by atoms with Crippen LogP contribution in [0, 0.1) is 24.7 Å². The lowest BCUT2D eigenvalue weighted by Crippen LogP contribution is -2.52. The number of ether oxygens (including phenoxy) is 2. The lowest BCUT2D eigenvalue weighted by molar-refractivity contribution is -0.0844. The van der Waals surface area contributed by atoms with E-state index in [4.69, 9.17) is 26.8 Å². The zero-order valence-corrected chi connectivity index (χ0v) is 36.9. The number of carbonyl (C=O) groups excluding carboxylic acids is 1. The van der Waals surface area contributed by atoms with E-state index in [-0.39, 0.29) is 17.7 Å². The van der Waals surface area contributed by atoms with Crippen LogP contribution in [-0.2, 0) is 22.1 Å². The van der Waals surface area contributed by atoms with Crippen LogP contribution in [-0.4, -0.2) is 78.9 Å². The molecule has 1 aliphatic carbocycles. The third-order valence-corrected chi connectivity index (χ3v) is 14.5. The standard InChI is InChI=1S/C41H59ClN4O4S.C7H8/c1-4-8-30-23-34(42)13-14-36(30)33-26-46-25-32-11-15-37(32)41(49-3,19-17-35-10-5-6-21-45(35)22-20-43)18-7-9-29(2)28-51(48)44-40(47)31-12-16-39(50-27-33)38(46)24-31;1-7-5-3-2-4-6-7/h7,12-14,16,18,23-24,29,32-33,35,37H,4-6,8-11,15,17,19-22,25-28,43H2,1-3H3,(H,44,47);2-6H,1H3/b18-7+;/t29?,32?,33?,35?,37?,41-,51?;/m1./s1. The number of rotatable bonds is 9. The van der Waals surface area contributed by atoms with Crippen LogP contribution in [0.15, 0.2) is 78.9 Å². The Kier molecular flexibility index (Phi) is 16.3. The molecule has 0 radical (unpaired) electrons. The molecule has 1 saturated carbocycles. The first kappa shape index (κ1) is 44.3. The summed E-state index contributed by atoms with van der Waals surface area (Å²) in [5.41, 5.74) is 10.9. The Bertz CT molecular complexity index is 1840. The number of nitrogens with two attached hydrogens (primary N) is 1. The smallest absolute Gasteiger partial charge is 0.263 e. The second-order valence-electron chi connectivity index (χ2n) is 17.1. The highest BCUT2D eigenvalue weighted by Gasteiger charge is 2.48. The van der Waals surface area contributed by atoms with Crippen molar-refractivity contribution in [1.29, 1.82) is 0 Å². The number of nitrogens with zero attached hydrogens (tertiary/aromatic N) is 2. The molecule has 6 unspecified atom stereocenters. The van der Waals surface area contributed by atoms with Gasteiger partial charge in [-0.2, -0.15) is 0 Å². The van der Waals surface area contributed by atoms with Gasteiger partial charge in [0.2, 0.25) is 0 Å². The van der Waals surface area contributed by atoms with E-state index in [2.05, 4.69) is 71.7 Å². The van der Waals surface area contributed by atoms with Gasteiger partial charge in [-0.05, 0) is 124 Å². The molecule has 2 fully saturated rings. The molecule has 3 aliphatic heterocycles. The van der Waals surface area contributed by atoms with Crippen LogP contribution in [0.3, 0.4) is 0 Å². The molecule has 316 valence electrons. The zero-order chi connectivity index (χ0) is 41.1.